The molecule has 2 aromatic rings. The number of phenolic OH excluding ortho intramolecular Hbond substituents is 1. The van der Waals surface area contributed by atoms with Crippen molar-refractivity contribution in [3.8, 4) is 23.3 Å². The molecule has 0 aliphatic rings. The lowest BCUT2D eigenvalue weighted by Crippen LogP contribution is -1.86. The Labute approximate surface area is 107 Å². The van der Waals surface area contributed by atoms with Gasteiger partial charge in [-0.3, -0.25) is 0 Å². The quantitative estimate of drug-likeness (QED) is 0.914. The van der Waals surface area contributed by atoms with Gasteiger partial charge in [0.25, 0.3) is 0 Å². The van der Waals surface area contributed by atoms with E-state index in [0.29, 0.717) is 21.5 Å². The number of ether oxygens (including phenoxy) is 1. The highest BCUT2D eigenvalue weighted by atomic mass is 79.9. The lowest BCUT2D eigenvalue weighted by Gasteiger charge is -2.07. The maximum Gasteiger partial charge on any atom is 0.141 e. The zero-order valence-corrected chi connectivity index (χ0v) is 10.3. The van der Waals surface area contributed by atoms with E-state index in [2.05, 4.69) is 15.9 Å². The van der Waals surface area contributed by atoms with Crippen molar-refractivity contribution in [2.75, 3.05) is 0 Å². The molecule has 2 aromatic carbocycles. The monoisotopic (exact) mass is 289 g/mol. The van der Waals surface area contributed by atoms with Gasteiger partial charge in [0.1, 0.15) is 17.2 Å². The van der Waals surface area contributed by atoms with Gasteiger partial charge in [-0.1, -0.05) is 0 Å². The van der Waals surface area contributed by atoms with Gasteiger partial charge in [-0.05, 0) is 58.4 Å². The fourth-order valence-electron chi connectivity index (χ4n) is 1.29. The number of hydrogen-bond acceptors (Lipinski definition) is 3. The minimum absolute atomic E-state index is 0.191. The van der Waals surface area contributed by atoms with Crippen LogP contribution in [0.4, 0.5) is 0 Å². The smallest absolute Gasteiger partial charge is 0.141 e. The standard InChI is InChI=1S/C13H8BrNO2/c14-12-7-9(8-15)1-6-13(12)17-11-4-2-10(16)3-5-11/h1-7,16H. The van der Waals surface area contributed by atoms with Crippen LogP contribution in [-0.4, -0.2) is 5.11 Å². The van der Waals surface area contributed by atoms with E-state index < -0.39 is 0 Å². The molecule has 3 nitrogen and oxygen atoms in total. The Hall–Kier alpha value is -1.99. The van der Waals surface area contributed by atoms with Crippen LogP contribution in [0.5, 0.6) is 17.2 Å². The summed E-state index contributed by atoms with van der Waals surface area (Å²) in [4.78, 5) is 0. The van der Waals surface area contributed by atoms with Gasteiger partial charge in [0, 0.05) is 0 Å². The molecular formula is C13H8BrNO2. The minimum Gasteiger partial charge on any atom is -0.508 e. The third kappa shape index (κ3) is 2.77. The van der Waals surface area contributed by atoms with Crippen LogP contribution in [0.2, 0.25) is 0 Å². The fourth-order valence-corrected chi connectivity index (χ4v) is 1.75. The summed E-state index contributed by atoms with van der Waals surface area (Å²) in [5.74, 6) is 1.43. The van der Waals surface area contributed by atoms with Crippen LogP contribution in [0.15, 0.2) is 46.9 Å². The van der Waals surface area contributed by atoms with Crippen LogP contribution in [0.25, 0.3) is 0 Å². The SMILES string of the molecule is N#Cc1ccc(Oc2ccc(O)cc2)c(Br)c1. The number of hydrogen-bond donors (Lipinski definition) is 1. The summed E-state index contributed by atoms with van der Waals surface area (Å²) >= 11 is 3.33. The molecule has 2 rings (SSSR count). The van der Waals surface area contributed by atoms with E-state index in [4.69, 9.17) is 15.1 Å². The fraction of sp³-hybridized carbons (Fsp3) is 0. The first-order valence-electron chi connectivity index (χ1n) is 4.85. The average Bonchev–Trinajstić information content (AvgIpc) is 2.34. The highest BCUT2D eigenvalue weighted by Crippen LogP contribution is 2.30. The number of rotatable bonds is 2. The minimum atomic E-state index is 0.191. The van der Waals surface area contributed by atoms with Crippen molar-refractivity contribution in [2.45, 2.75) is 0 Å². The first-order chi connectivity index (χ1) is 8.19. The molecule has 0 saturated carbocycles. The topological polar surface area (TPSA) is 53.2 Å². The van der Waals surface area contributed by atoms with E-state index in [1.54, 1.807) is 42.5 Å². The largest absolute Gasteiger partial charge is 0.508 e. The molecule has 4 heteroatoms. The van der Waals surface area contributed by atoms with E-state index in [1.807, 2.05) is 6.07 Å². The summed E-state index contributed by atoms with van der Waals surface area (Å²) in [5.41, 5.74) is 0.565. The van der Waals surface area contributed by atoms with Crippen LogP contribution in [0.3, 0.4) is 0 Å². The second kappa shape index (κ2) is 4.89. The Morgan fingerprint density at radius 3 is 2.41 bits per heavy atom. The second-order valence-electron chi connectivity index (χ2n) is 3.35. The van der Waals surface area contributed by atoms with Crippen molar-refractivity contribution in [2.24, 2.45) is 0 Å². The molecule has 0 spiro atoms. The van der Waals surface area contributed by atoms with Gasteiger partial charge in [-0.2, -0.15) is 5.26 Å². The summed E-state index contributed by atoms with van der Waals surface area (Å²) in [6, 6.07) is 13.6. The number of halogens is 1. The number of aromatic hydroxyl groups is 1. The first kappa shape index (κ1) is 11.5. The Morgan fingerprint density at radius 1 is 1.12 bits per heavy atom. The highest BCUT2D eigenvalue weighted by Gasteiger charge is 2.04. The van der Waals surface area contributed by atoms with Crippen molar-refractivity contribution >= 4 is 15.9 Å². The average molecular weight is 290 g/mol. The van der Waals surface area contributed by atoms with Crippen molar-refractivity contribution in [1.82, 2.24) is 0 Å². The third-order valence-corrected chi connectivity index (χ3v) is 2.75. The molecule has 1 N–H and O–H groups in total. The molecule has 17 heavy (non-hydrogen) atoms. The van der Waals surface area contributed by atoms with Gasteiger partial charge in [0.2, 0.25) is 0 Å². The first-order valence-corrected chi connectivity index (χ1v) is 5.65. The Bertz CT molecular complexity index is 573. The molecule has 0 unspecified atom stereocenters. The summed E-state index contributed by atoms with van der Waals surface area (Å²) in [7, 11) is 0. The molecule has 0 bridgehead atoms. The van der Waals surface area contributed by atoms with Crippen LogP contribution >= 0.6 is 15.9 Å². The molecule has 0 fully saturated rings. The van der Waals surface area contributed by atoms with Gasteiger partial charge in [0.15, 0.2) is 0 Å². The number of phenols is 1. The summed E-state index contributed by atoms with van der Waals surface area (Å²) in [5, 5.41) is 17.9. The number of nitriles is 1. The third-order valence-electron chi connectivity index (χ3n) is 2.13. The molecule has 0 heterocycles. The van der Waals surface area contributed by atoms with Crippen molar-refractivity contribution in [3.63, 3.8) is 0 Å². The van der Waals surface area contributed by atoms with Gasteiger partial charge in [-0.25, -0.2) is 0 Å². The van der Waals surface area contributed by atoms with E-state index in [1.165, 1.54) is 0 Å². The van der Waals surface area contributed by atoms with Crippen molar-refractivity contribution in [1.29, 1.82) is 5.26 Å². The zero-order valence-electron chi connectivity index (χ0n) is 8.72. The molecule has 0 amide bonds. The molecule has 0 saturated heterocycles. The maximum absolute atomic E-state index is 9.14. The predicted molar refractivity (Wildman–Crippen MR) is 67.0 cm³/mol. The number of nitrogens with zero attached hydrogens (tertiary/aromatic N) is 1. The van der Waals surface area contributed by atoms with Crippen LogP contribution in [-0.2, 0) is 0 Å². The van der Waals surface area contributed by atoms with Crippen molar-refractivity contribution < 1.29 is 9.84 Å². The molecule has 0 radical (unpaired) electrons. The highest BCUT2D eigenvalue weighted by molar-refractivity contribution is 9.10. The van der Waals surface area contributed by atoms with Crippen LogP contribution < -0.4 is 4.74 Å². The predicted octanol–water partition coefficient (Wildman–Crippen LogP) is 3.82. The maximum atomic E-state index is 9.14. The molecule has 84 valence electrons. The van der Waals surface area contributed by atoms with Crippen molar-refractivity contribution in [3.05, 3.63) is 52.5 Å². The summed E-state index contributed by atoms with van der Waals surface area (Å²) in [6.07, 6.45) is 0. The van der Waals surface area contributed by atoms with Gasteiger partial charge in [0.05, 0.1) is 16.1 Å². The Balaban J connectivity index is 2.25. The summed E-state index contributed by atoms with van der Waals surface area (Å²) in [6.45, 7) is 0. The molecule has 0 aliphatic heterocycles. The van der Waals surface area contributed by atoms with Gasteiger partial charge in [-0.15, -0.1) is 0 Å². The van der Waals surface area contributed by atoms with Crippen LogP contribution in [0, 0.1) is 11.3 Å². The lowest BCUT2D eigenvalue weighted by molar-refractivity contribution is 0.463. The van der Waals surface area contributed by atoms with E-state index in [0.717, 1.165) is 0 Å². The molecular weight excluding hydrogens is 282 g/mol. The van der Waals surface area contributed by atoms with Crippen LogP contribution in [0.1, 0.15) is 5.56 Å². The molecule has 0 aliphatic carbocycles. The second-order valence-corrected chi connectivity index (χ2v) is 4.21. The zero-order chi connectivity index (χ0) is 12.3. The Kier molecular flexibility index (Phi) is 3.31. The molecule has 0 aromatic heterocycles. The van der Waals surface area contributed by atoms with Gasteiger partial charge >= 0.3 is 0 Å². The molecule has 0 atom stereocenters. The van der Waals surface area contributed by atoms with Gasteiger partial charge < -0.3 is 9.84 Å². The number of benzene rings is 2. The van der Waals surface area contributed by atoms with E-state index >= 15 is 0 Å². The summed E-state index contributed by atoms with van der Waals surface area (Å²) < 4.78 is 6.31. The van der Waals surface area contributed by atoms with E-state index in [9.17, 15) is 0 Å². The lowest BCUT2D eigenvalue weighted by atomic mass is 10.2. The van der Waals surface area contributed by atoms with E-state index in [-0.39, 0.29) is 5.75 Å². The normalized spacial score (nSPS) is 9.65. The Morgan fingerprint density at radius 2 is 1.82 bits per heavy atom.